The molecule has 0 aliphatic rings. The molecule has 4 rings (SSSR count). The highest BCUT2D eigenvalue weighted by molar-refractivity contribution is 7.99. The van der Waals surface area contributed by atoms with E-state index in [1.165, 1.54) is 23.4 Å². The van der Waals surface area contributed by atoms with Crippen LogP contribution in [0.5, 0.6) is 11.5 Å². The summed E-state index contributed by atoms with van der Waals surface area (Å²) in [5.41, 5.74) is 1.91. The van der Waals surface area contributed by atoms with Gasteiger partial charge in [-0.1, -0.05) is 35.5 Å². The number of hydrogen-bond donors (Lipinski definition) is 1. The Bertz CT molecular complexity index is 1420. The van der Waals surface area contributed by atoms with Crippen LogP contribution in [0.2, 0.25) is 5.02 Å². The zero-order valence-corrected chi connectivity index (χ0v) is 21.0. The number of hydrogen-bond acceptors (Lipinski definition) is 7. The second kappa shape index (κ2) is 10.8. The van der Waals surface area contributed by atoms with Crippen molar-refractivity contribution in [3.05, 3.63) is 69.6 Å². The summed E-state index contributed by atoms with van der Waals surface area (Å²) in [6.07, 6.45) is 1.73. The maximum atomic E-state index is 13.3. The Morgan fingerprint density at radius 2 is 1.91 bits per heavy atom. The quantitative estimate of drug-likeness (QED) is 0.266. The minimum absolute atomic E-state index is 0.0374. The summed E-state index contributed by atoms with van der Waals surface area (Å²) in [7, 11) is 3.07. The van der Waals surface area contributed by atoms with E-state index in [0.29, 0.717) is 39.4 Å². The van der Waals surface area contributed by atoms with Crippen molar-refractivity contribution in [1.29, 1.82) is 0 Å². The second-order valence-corrected chi connectivity index (χ2v) is 8.91. The van der Waals surface area contributed by atoms with Gasteiger partial charge in [0.05, 0.1) is 38.4 Å². The molecule has 35 heavy (non-hydrogen) atoms. The van der Waals surface area contributed by atoms with Gasteiger partial charge in [-0.2, -0.15) is 5.10 Å². The molecular weight excluding hydrogens is 490 g/mol. The van der Waals surface area contributed by atoms with Crippen molar-refractivity contribution in [2.45, 2.75) is 25.2 Å². The number of fused-ring (bicyclic) bond motifs is 1. The Kier molecular flexibility index (Phi) is 7.62. The van der Waals surface area contributed by atoms with E-state index < -0.39 is 0 Å². The number of anilines is 1. The Hall–Kier alpha value is -3.50. The largest absolute Gasteiger partial charge is 0.497 e. The van der Waals surface area contributed by atoms with Crippen LogP contribution < -0.4 is 20.3 Å². The number of carbonyl (C=O) groups is 1. The molecule has 2 aromatic carbocycles. The summed E-state index contributed by atoms with van der Waals surface area (Å²) >= 11 is 7.18. The van der Waals surface area contributed by atoms with Crippen LogP contribution in [0.1, 0.15) is 12.5 Å². The van der Waals surface area contributed by atoms with Gasteiger partial charge in [0.25, 0.3) is 5.56 Å². The molecule has 0 radical (unpaired) electrons. The fraction of sp³-hybridized carbons (Fsp3) is 0.250. The molecule has 0 spiro atoms. The standard InChI is InChI=1S/C24H24ClN5O4S/c1-4-29-13-19-22(28-29)23(32)30(12-15-5-7-16(25)8-6-15)24(27-19)35-14-21(31)26-18-10-9-17(33-2)11-20(18)34-3/h5-11,13H,4,12,14H2,1-3H3,(H,26,31). The number of aryl methyl sites for hydroxylation is 1. The topological polar surface area (TPSA) is 100 Å². The van der Waals surface area contributed by atoms with Gasteiger partial charge in [-0.15, -0.1) is 0 Å². The van der Waals surface area contributed by atoms with Gasteiger partial charge in [0.15, 0.2) is 10.7 Å². The smallest absolute Gasteiger partial charge is 0.282 e. The second-order valence-electron chi connectivity index (χ2n) is 7.53. The predicted octanol–water partition coefficient (Wildman–Crippen LogP) is 4.06. The number of amides is 1. The third-order valence-corrected chi connectivity index (χ3v) is 6.46. The zero-order chi connectivity index (χ0) is 24.9. The van der Waals surface area contributed by atoms with Gasteiger partial charge in [0, 0.05) is 17.6 Å². The molecule has 11 heteroatoms. The van der Waals surface area contributed by atoms with Crippen molar-refractivity contribution < 1.29 is 14.3 Å². The molecule has 0 atom stereocenters. The first-order valence-electron chi connectivity index (χ1n) is 10.8. The number of carbonyl (C=O) groups excluding carboxylic acids is 1. The lowest BCUT2D eigenvalue weighted by Gasteiger charge is -2.13. The van der Waals surface area contributed by atoms with Gasteiger partial charge >= 0.3 is 0 Å². The number of aromatic nitrogens is 4. The number of nitrogens with one attached hydrogen (secondary N) is 1. The van der Waals surface area contributed by atoms with Gasteiger partial charge in [-0.05, 0) is 36.8 Å². The molecule has 0 saturated carbocycles. The van der Waals surface area contributed by atoms with E-state index in [-0.39, 0.29) is 29.3 Å². The van der Waals surface area contributed by atoms with E-state index in [2.05, 4.69) is 15.4 Å². The number of thioether (sulfide) groups is 1. The number of nitrogens with zero attached hydrogens (tertiary/aromatic N) is 4. The SMILES string of the molecule is CCn1cc2nc(SCC(=O)Nc3ccc(OC)cc3OC)n(Cc3ccc(Cl)cc3)c(=O)c2n1. The molecule has 9 nitrogen and oxygen atoms in total. The van der Waals surface area contributed by atoms with E-state index >= 15 is 0 Å². The van der Waals surface area contributed by atoms with Gasteiger partial charge in [-0.25, -0.2) is 4.98 Å². The van der Waals surface area contributed by atoms with E-state index in [1.54, 1.807) is 48.3 Å². The first-order chi connectivity index (χ1) is 16.9. The summed E-state index contributed by atoms with van der Waals surface area (Å²) < 4.78 is 13.7. The molecule has 4 aromatic rings. The molecule has 0 fully saturated rings. The molecule has 0 saturated heterocycles. The summed E-state index contributed by atoms with van der Waals surface area (Å²) in [5, 5.41) is 8.23. The van der Waals surface area contributed by atoms with E-state index in [0.717, 1.165) is 5.56 Å². The molecule has 1 N–H and O–H groups in total. The number of ether oxygens (including phenoxy) is 2. The van der Waals surface area contributed by atoms with E-state index in [4.69, 9.17) is 21.1 Å². The average molecular weight is 514 g/mol. The van der Waals surface area contributed by atoms with Crippen molar-refractivity contribution in [3.63, 3.8) is 0 Å². The van der Waals surface area contributed by atoms with Crippen LogP contribution in [0.4, 0.5) is 5.69 Å². The number of rotatable bonds is 9. The Morgan fingerprint density at radius 1 is 1.14 bits per heavy atom. The Morgan fingerprint density at radius 3 is 2.60 bits per heavy atom. The van der Waals surface area contributed by atoms with Crippen LogP contribution in [-0.4, -0.2) is 45.2 Å². The van der Waals surface area contributed by atoms with Crippen LogP contribution in [0.25, 0.3) is 11.0 Å². The average Bonchev–Trinajstić information content (AvgIpc) is 3.29. The van der Waals surface area contributed by atoms with E-state index in [1.807, 2.05) is 19.1 Å². The molecule has 2 heterocycles. The Labute approximate surface area is 211 Å². The molecule has 0 aliphatic carbocycles. The minimum atomic E-state index is -0.268. The molecule has 2 aromatic heterocycles. The molecule has 0 aliphatic heterocycles. The summed E-state index contributed by atoms with van der Waals surface area (Å²) in [5.74, 6) is 0.866. The summed E-state index contributed by atoms with van der Waals surface area (Å²) in [6, 6.07) is 12.4. The highest BCUT2D eigenvalue weighted by Gasteiger charge is 2.17. The number of methoxy groups -OCH3 is 2. The van der Waals surface area contributed by atoms with Crippen LogP contribution in [0.15, 0.2) is 58.6 Å². The van der Waals surface area contributed by atoms with Crippen LogP contribution in [0, 0.1) is 0 Å². The van der Waals surface area contributed by atoms with Crippen molar-refractivity contribution in [2.75, 3.05) is 25.3 Å². The monoisotopic (exact) mass is 513 g/mol. The van der Waals surface area contributed by atoms with Gasteiger partial charge in [-0.3, -0.25) is 18.8 Å². The summed E-state index contributed by atoms with van der Waals surface area (Å²) in [6.45, 7) is 2.82. The molecule has 182 valence electrons. The van der Waals surface area contributed by atoms with Crippen molar-refractivity contribution in [2.24, 2.45) is 0 Å². The van der Waals surface area contributed by atoms with Crippen molar-refractivity contribution in [1.82, 2.24) is 19.3 Å². The predicted molar refractivity (Wildman–Crippen MR) is 137 cm³/mol. The van der Waals surface area contributed by atoms with Crippen molar-refractivity contribution in [3.8, 4) is 11.5 Å². The highest BCUT2D eigenvalue weighted by atomic mass is 35.5. The third kappa shape index (κ3) is 5.60. The number of halogens is 1. The lowest BCUT2D eigenvalue weighted by molar-refractivity contribution is -0.113. The van der Waals surface area contributed by atoms with Crippen LogP contribution in [0.3, 0.4) is 0 Å². The zero-order valence-electron chi connectivity index (χ0n) is 19.4. The van der Waals surface area contributed by atoms with Gasteiger partial charge in [0.1, 0.15) is 17.0 Å². The normalized spacial score (nSPS) is 11.0. The molecular formula is C24H24ClN5O4S. The van der Waals surface area contributed by atoms with Crippen molar-refractivity contribution >= 4 is 46.0 Å². The lowest BCUT2D eigenvalue weighted by atomic mass is 10.2. The molecule has 0 bridgehead atoms. The minimum Gasteiger partial charge on any atom is -0.497 e. The fourth-order valence-electron chi connectivity index (χ4n) is 3.43. The first kappa shape index (κ1) is 24.6. The molecule has 1 amide bonds. The maximum absolute atomic E-state index is 13.3. The fourth-order valence-corrected chi connectivity index (χ4v) is 4.35. The summed E-state index contributed by atoms with van der Waals surface area (Å²) in [4.78, 5) is 30.7. The van der Waals surface area contributed by atoms with Crippen LogP contribution in [-0.2, 0) is 17.9 Å². The number of benzene rings is 2. The lowest BCUT2D eigenvalue weighted by Crippen LogP contribution is -2.25. The van der Waals surface area contributed by atoms with Gasteiger partial charge < -0.3 is 14.8 Å². The van der Waals surface area contributed by atoms with E-state index in [9.17, 15) is 9.59 Å². The molecule has 0 unspecified atom stereocenters. The first-order valence-corrected chi connectivity index (χ1v) is 12.1. The Balaban J connectivity index is 1.60. The third-order valence-electron chi connectivity index (χ3n) is 5.23. The van der Waals surface area contributed by atoms with Crippen LogP contribution >= 0.6 is 23.4 Å². The van der Waals surface area contributed by atoms with Gasteiger partial charge in [0.2, 0.25) is 5.91 Å². The maximum Gasteiger partial charge on any atom is 0.282 e. The highest BCUT2D eigenvalue weighted by Crippen LogP contribution is 2.29.